The van der Waals surface area contributed by atoms with Crippen LogP contribution in [-0.2, 0) is 33.3 Å². The molecule has 0 bridgehead atoms. The molecule has 1 saturated heterocycles. The number of nitrogens with zero attached hydrogens (tertiary/aromatic N) is 2. The maximum atomic E-state index is 13.9. The zero-order chi connectivity index (χ0) is 29.1. The number of rotatable bonds is 10. The van der Waals surface area contributed by atoms with Crippen molar-refractivity contribution in [2.24, 2.45) is 5.92 Å². The summed E-state index contributed by atoms with van der Waals surface area (Å²) in [6, 6.07) is 23.2. The van der Waals surface area contributed by atoms with Crippen LogP contribution in [0.5, 0.6) is 0 Å². The lowest BCUT2D eigenvalue weighted by Gasteiger charge is -2.28. The quantitative estimate of drug-likeness (QED) is 0.378. The van der Waals surface area contributed by atoms with Gasteiger partial charge < -0.3 is 10.2 Å². The second kappa shape index (κ2) is 11.6. The van der Waals surface area contributed by atoms with Gasteiger partial charge in [0, 0.05) is 25.4 Å². The van der Waals surface area contributed by atoms with Gasteiger partial charge >= 0.3 is 0 Å². The number of benzene rings is 3. The van der Waals surface area contributed by atoms with Crippen LogP contribution < -0.4 is 5.32 Å². The molecule has 210 valence electrons. The highest BCUT2D eigenvalue weighted by Crippen LogP contribution is 2.35. The van der Waals surface area contributed by atoms with Gasteiger partial charge in [-0.1, -0.05) is 74.5 Å². The van der Waals surface area contributed by atoms with Gasteiger partial charge in [-0.3, -0.25) is 19.9 Å². The van der Waals surface area contributed by atoms with Crippen LogP contribution in [0.4, 0.5) is 0 Å². The first-order valence-electron chi connectivity index (χ1n) is 13.3. The lowest BCUT2D eigenvalue weighted by Crippen LogP contribution is -2.44. The SMILES string of the molecule is CC(C)CCC1(c2ccccc2)NC(=N)N(Cc2cccc(C(=O)N(C)Cc3ccccc3S(C)(=O)=O)c2)C1=O. The number of nitrogens with one attached hydrogen (secondary N) is 2. The second-order valence-electron chi connectivity index (χ2n) is 10.8. The van der Waals surface area contributed by atoms with Gasteiger partial charge in [-0.25, -0.2) is 8.42 Å². The predicted octanol–water partition coefficient (Wildman–Crippen LogP) is 4.56. The Morgan fingerprint density at radius 2 is 1.70 bits per heavy atom. The van der Waals surface area contributed by atoms with Crippen molar-refractivity contribution >= 4 is 27.6 Å². The molecule has 0 saturated carbocycles. The van der Waals surface area contributed by atoms with Gasteiger partial charge in [0.1, 0.15) is 5.54 Å². The highest BCUT2D eigenvalue weighted by molar-refractivity contribution is 7.90. The second-order valence-corrected chi connectivity index (χ2v) is 12.8. The lowest BCUT2D eigenvalue weighted by atomic mass is 9.83. The Morgan fingerprint density at radius 3 is 2.38 bits per heavy atom. The van der Waals surface area contributed by atoms with E-state index in [-0.39, 0.29) is 35.8 Å². The third-order valence-electron chi connectivity index (χ3n) is 7.22. The molecule has 8 nitrogen and oxygen atoms in total. The van der Waals surface area contributed by atoms with Crippen LogP contribution in [0, 0.1) is 11.3 Å². The molecule has 2 N–H and O–H groups in total. The van der Waals surface area contributed by atoms with Crippen LogP contribution >= 0.6 is 0 Å². The number of sulfone groups is 1. The molecule has 1 aliphatic rings. The molecule has 0 aliphatic carbocycles. The molecule has 9 heteroatoms. The molecule has 1 unspecified atom stereocenters. The van der Waals surface area contributed by atoms with Crippen molar-refractivity contribution in [2.75, 3.05) is 13.3 Å². The van der Waals surface area contributed by atoms with Crippen molar-refractivity contribution in [3.63, 3.8) is 0 Å². The molecule has 1 fully saturated rings. The standard InChI is InChI=1S/C31H36N4O4S/c1-22(2)17-18-31(26-14-6-5-7-15-26)29(37)35(30(32)33-31)20-23-11-10-13-24(19-23)28(36)34(3)21-25-12-8-9-16-27(25)40(4,38)39/h5-16,19,22H,17-18,20-21H2,1-4H3,(H2,32,33). The van der Waals surface area contributed by atoms with Crippen molar-refractivity contribution in [3.8, 4) is 0 Å². The fourth-order valence-corrected chi connectivity index (χ4v) is 6.01. The van der Waals surface area contributed by atoms with E-state index < -0.39 is 15.4 Å². The molecular weight excluding hydrogens is 524 g/mol. The summed E-state index contributed by atoms with van der Waals surface area (Å²) < 4.78 is 24.4. The van der Waals surface area contributed by atoms with Gasteiger partial charge in [0.25, 0.3) is 11.8 Å². The first-order chi connectivity index (χ1) is 18.9. The van der Waals surface area contributed by atoms with E-state index in [9.17, 15) is 18.0 Å². The average Bonchev–Trinajstić information content (AvgIpc) is 3.17. The van der Waals surface area contributed by atoms with E-state index in [1.54, 1.807) is 43.4 Å². The van der Waals surface area contributed by atoms with E-state index in [2.05, 4.69) is 19.2 Å². The summed E-state index contributed by atoms with van der Waals surface area (Å²) in [6.45, 7) is 4.49. The molecule has 3 aromatic carbocycles. The first kappa shape index (κ1) is 29.0. The largest absolute Gasteiger partial charge is 0.338 e. The van der Waals surface area contributed by atoms with E-state index in [0.717, 1.165) is 18.2 Å². The van der Waals surface area contributed by atoms with Crippen LogP contribution in [0.1, 0.15) is 53.7 Å². The third kappa shape index (κ3) is 6.09. The van der Waals surface area contributed by atoms with Gasteiger partial charge in [-0.05, 0) is 53.6 Å². The molecule has 40 heavy (non-hydrogen) atoms. The van der Waals surface area contributed by atoms with Crippen LogP contribution in [0.2, 0.25) is 0 Å². The molecule has 4 rings (SSSR count). The normalized spacial score (nSPS) is 17.3. The minimum absolute atomic E-state index is 0.0313. The molecule has 3 aromatic rings. The van der Waals surface area contributed by atoms with Crippen molar-refractivity contribution in [2.45, 2.75) is 50.2 Å². The fourth-order valence-electron chi connectivity index (χ4n) is 5.07. The molecule has 0 radical (unpaired) electrons. The number of carbonyl (C=O) groups is 2. The van der Waals surface area contributed by atoms with E-state index in [1.165, 1.54) is 15.9 Å². The zero-order valence-corrected chi connectivity index (χ0v) is 24.2. The van der Waals surface area contributed by atoms with E-state index >= 15 is 0 Å². The van der Waals surface area contributed by atoms with Crippen LogP contribution in [0.15, 0.2) is 83.8 Å². The zero-order valence-electron chi connectivity index (χ0n) is 23.3. The highest BCUT2D eigenvalue weighted by atomic mass is 32.2. The summed E-state index contributed by atoms with van der Waals surface area (Å²) in [5.74, 6) is -0.0383. The minimum Gasteiger partial charge on any atom is -0.338 e. The Hall–Kier alpha value is -3.98. The van der Waals surface area contributed by atoms with Crippen molar-refractivity contribution in [3.05, 3.63) is 101 Å². The van der Waals surface area contributed by atoms with Gasteiger partial charge in [0.05, 0.1) is 11.4 Å². The van der Waals surface area contributed by atoms with Crippen LogP contribution in [-0.4, -0.2) is 49.3 Å². The number of carbonyl (C=O) groups excluding carboxylic acids is 2. The third-order valence-corrected chi connectivity index (χ3v) is 8.41. The van der Waals surface area contributed by atoms with Gasteiger partial charge in [0.2, 0.25) is 0 Å². The van der Waals surface area contributed by atoms with Gasteiger partial charge in [-0.15, -0.1) is 0 Å². The van der Waals surface area contributed by atoms with Crippen molar-refractivity contribution in [1.82, 2.24) is 15.1 Å². The number of hydrogen-bond donors (Lipinski definition) is 2. The summed E-state index contributed by atoms with van der Waals surface area (Å²) in [5, 5.41) is 11.8. The van der Waals surface area contributed by atoms with Crippen LogP contribution in [0.3, 0.4) is 0 Å². The molecule has 1 atom stereocenters. The smallest absolute Gasteiger partial charge is 0.260 e. The van der Waals surface area contributed by atoms with Crippen LogP contribution in [0.25, 0.3) is 0 Å². The molecule has 1 heterocycles. The Morgan fingerprint density at radius 1 is 1.02 bits per heavy atom. The Kier molecular flexibility index (Phi) is 8.44. The summed E-state index contributed by atoms with van der Waals surface area (Å²) in [7, 11) is -1.81. The number of guanidine groups is 1. The molecule has 0 aromatic heterocycles. The number of amides is 2. The predicted molar refractivity (Wildman–Crippen MR) is 155 cm³/mol. The van der Waals surface area contributed by atoms with Gasteiger partial charge in [0.15, 0.2) is 15.8 Å². The maximum Gasteiger partial charge on any atom is 0.260 e. The summed E-state index contributed by atoms with van der Waals surface area (Å²) in [6.07, 6.45) is 2.52. The molecular formula is C31H36N4O4S. The summed E-state index contributed by atoms with van der Waals surface area (Å²) in [4.78, 5) is 30.3. The monoisotopic (exact) mass is 560 g/mol. The Labute approximate surface area is 236 Å². The topological polar surface area (TPSA) is 111 Å². The van der Waals surface area contributed by atoms with E-state index in [0.29, 0.717) is 29.0 Å². The highest BCUT2D eigenvalue weighted by Gasteiger charge is 2.50. The van der Waals surface area contributed by atoms with Crippen molar-refractivity contribution < 1.29 is 18.0 Å². The maximum absolute atomic E-state index is 13.9. The Bertz CT molecular complexity index is 1520. The van der Waals surface area contributed by atoms with E-state index in [4.69, 9.17) is 5.41 Å². The number of hydrogen-bond acceptors (Lipinski definition) is 5. The fraction of sp³-hybridized carbons (Fsp3) is 0.323. The van der Waals surface area contributed by atoms with Crippen molar-refractivity contribution in [1.29, 1.82) is 5.41 Å². The average molecular weight is 561 g/mol. The molecule has 2 amide bonds. The Balaban J connectivity index is 1.55. The molecule has 0 spiro atoms. The van der Waals surface area contributed by atoms with E-state index in [1.807, 2.05) is 36.4 Å². The minimum atomic E-state index is -3.44. The summed E-state index contributed by atoms with van der Waals surface area (Å²) >= 11 is 0. The summed E-state index contributed by atoms with van der Waals surface area (Å²) in [5.41, 5.74) is 1.48. The first-order valence-corrected chi connectivity index (χ1v) is 15.2. The molecule has 1 aliphatic heterocycles. The van der Waals surface area contributed by atoms with Gasteiger partial charge in [-0.2, -0.15) is 0 Å². The lowest BCUT2D eigenvalue weighted by molar-refractivity contribution is -0.132.